The predicted octanol–water partition coefficient (Wildman–Crippen LogP) is 4.10. The Bertz CT molecular complexity index is 999. The van der Waals surface area contributed by atoms with Gasteiger partial charge in [0.25, 0.3) is 0 Å². The van der Waals surface area contributed by atoms with Gasteiger partial charge in [-0.25, -0.2) is 4.79 Å². The molecule has 0 fully saturated rings. The molecule has 0 aliphatic heterocycles. The van der Waals surface area contributed by atoms with Crippen molar-refractivity contribution in [2.75, 3.05) is 12.4 Å². The first-order chi connectivity index (χ1) is 14.1. The van der Waals surface area contributed by atoms with Crippen LogP contribution in [0.25, 0.3) is 6.08 Å². The van der Waals surface area contributed by atoms with E-state index in [-0.39, 0.29) is 5.91 Å². The van der Waals surface area contributed by atoms with Gasteiger partial charge in [0.05, 0.1) is 18.4 Å². The molecule has 1 N–H and O–H groups in total. The van der Waals surface area contributed by atoms with Crippen molar-refractivity contribution in [2.45, 2.75) is 6.61 Å². The number of benzene rings is 2. The van der Waals surface area contributed by atoms with Gasteiger partial charge in [0.15, 0.2) is 0 Å². The van der Waals surface area contributed by atoms with E-state index in [1.54, 1.807) is 36.5 Å². The number of carbonyl (C=O) groups excluding carboxylic acids is 2. The number of hydrogen-bond acceptors (Lipinski definition) is 5. The highest BCUT2D eigenvalue weighted by atomic mass is 16.5. The van der Waals surface area contributed by atoms with Gasteiger partial charge in [-0.2, -0.15) is 0 Å². The number of methoxy groups -OCH3 is 1. The lowest BCUT2D eigenvalue weighted by Gasteiger charge is -2.06. The molecule has 146 valence electrons. The zero-order valence-corrected chi connectivity index (χ0v) is 15.9. The number of aromatic nitrogens is 1. The summed E-state index contributed by atoms with van der Waals surface area (Å²) in [6, 6.07) is 19.6. The number of pyridine rings is 1. The highest BCUT2D eigenvalue weighted by Gasteiger charge is 2.06. The molecule has 1 heterocycles. The fourth-order valence-electron chi connectivity index (χ4n) is 2.51. The van der Waals surface area contributed by atoms with E-state index < -0.39 is 5.97 Å². The molecule has 0 radical (unpaired) electrons. The molecule has 0 saturated heterocycles. The van der Waals surface area contributed by atoms with Gasteiger partial charge in [-0.15, -0.1) is 0 Å². The number of nitrogens with one attached hydrogen (secondary N) is 1. The molecule has 1 amide bonds. The third-order valence-electron chi connectivity index (χ3n) is 3.97. The third-order valence-corrected chi connectivity index (χ3v) is 3.97. The van der Waals surface area contributed by atoms with Crippen molar-refractivity contribution in [1.82, 2.24) is 4.98 Å². The molecule has 0 saturated carbocycles. The van der Waals surface area contributed by atoms with Crippen LogP contribution in [0.4, 0.5) is 5.69 Å². The first kappa shape index (κ1) is 19.8. The van der Waals surface area contributed by atoms with Crippen LogP contribution in [-0.4, -0.2) is 24.0 Å². The monoisotopic (exact) mass is 388 g/mol. The zero-order chi connectivity index (χ0) is 20.5. The maximum atomic E-state index is 12.1. The molecule has 2 aromatic carbocycles. The molecule has 0 bridgehead atoms. The number of anilines is 1. The number of carbonyl (C=O) groups is 2. The maximum absolute atomic E-state index is 12.1. The maximum Gasteiger partial charge on any atom is 0.337 e. The Morgan fingerprint density at radius 3 is 2.59 bits per heavy atom. The smallest absolute Gasteiger partial charge is 0.337 e. The van der Waals surface area contributed by atoms with Gasteiger partial charge in [-0.1, -0.05) is 24.3 Å². The lowest BCUT2D eigenvalue weighted by Crippen LogP contribution is -2.09. The second-order valence-corrected chi connectivity index (χ2v) is 6.07. The van der Waals surface area contributed by atoms with Crippen molar-refractivity contribution in [3.63, 3.8) is 0 Å². The summed E-state index contributed by atoms with van der Waals surface area (Å²) >= 11 is 0. The van der Waals surface area contributed by atoms with Crippen LogP contribution in [-0.2, 0) is 16.1 Å². The van der Waals surface area contributed by atoms with Gasteiger partial charge >= 0.3 is 5.97 Å². The van der Waals surface area contributed by atoms with Gasteiger partial charge < -0.3 is 14.8 Å². The molecule has 0 unspecified atom stereocenters. The molecule has 0 aliphatic rings. The summed E-state index contributed by atoms with van der Waals surface area (Å²) in [5.41, 5.74) is 2.59. The summed E-state index contributed by atoms with van der Waals surface area (Å²) in [6.07, 6.45) is 4.85. The highest BCUT2D eigenvalue weighted by Crippen LogP contribution is 2.15. The standard InChI is InChI=1S/C23H20N2O4/c1-28-23(27)18-5-4-7-19(15-18)25-22(26)13-10-17-8-11-21(12-9-17)29-16-20-6-2-3-14-24-20/h2-15H,16H2,1H3,(H,25,26)/b13-10+. The summed E-state index contributed by atoms with van der Waals surface area (Å²) in [5.74, 6) is -0.0404. The fourth-order valence-corrected chi connectivity index (χ4v) is 2.51. The quantitative estimate of drug-likeness (QED) is 0.487. The molecule has 6 heteroatoms. The highest BCUT2D eigenvalue weighted by molar-refractivity contribution is 6.02. The van der Waals surface area contributed by atoms with Crippen molar-refractivity contribution in [3.05, 3.63) is 95.8 Å². The van der Waals surface area contributed by atoms with E-state index in [0.29, 0.717) is 17.9 Å². The molecular weight excluding hydrogens is 368 g/mol. The molecule has 3 rings (SSSR count). The Kier molecular flexibility index (Phi) is 6.73. The van der Waals surface area contributed by atoms with E-state index in [1.165, 1.54) is 13.2 Å². The van der Waals surface area contributed by atoms with Crippen molar-refractivity contribution in [2.24, 2.45) is 0 Å². The number of esters is 1. The van der Waals surface area contributed by atoms with Crippen molar-refractivity contribution >= 4 is 23.6 Å². The van der Waals surface area contributed by atoms with E-state index in [9.17, 15) is 9.59 Å². The Morgan fingerprint density at radius 1 is 1.03 bits per heavy atom. The molecule has 29 heavy (non-hydrogen) atoms. The van der Waals surface area contributed by atoms with E-state index in [2.05, 4.69) is 15.0 Å². The molecule has 6 nitrogen and oxygen atoms in total. The first-order valence-corrected chi connectivity index (χ1v) is 8.94. The first-order valence-electron chi connectivity index (χ1n) is 8.94. The van der Waals surface area contributed by atoms with Crippen LogP contribution in [0.1, 0.15) is 21.6 Å². The van der Waals surface area contributed by atoms with Crippen LogP contribution in [0.5, 0.6) is 5.75 Å². The van der Waals surface area contributed by atoms with Gasteiger partial charge in [0.2, 0.25) is 5.91 Å². The minimum atomic E-state index is -0.456. The Hall–Kier alpha value is -3.93. The van der Waals surface area contributed by atoms with E-state index in [4.69, 9.17) is 4.74 Å². The lowest BCUT2D eigenvalue weighted by atomic mass is 10.2. The lowest BCUT2D eigenvalue weighted by molar-refractivity contribution is -0.111. The summed E-state index contributed by atoms with van der Waals surface area (Å²) < 4.78 is 10.4. The Labute approximate surface area is 168 Å². The van der Waals surface area contributed by atoms with Gasteiger partial charge in [0, 0.05) is 18.0 Å². The van der Waals surface area contributed by atoms with Crippen molar-refractivity contribution in [1.29, 1.82) is 0 Å². The summed E-state index contributed by atoms with van der Waals surface area (Å²) in [4.78, 5) is 27.9. The normalized spacial score (nSPS) is 10.5. The van der Waals surface area contributed by atoms with Crippen LogP contribution in [0, 0.1) is 0 Å². The zero-order valence-electron chi connectivity index (χ0n) is 15.9. The van der Waals surface area contributed by atoms with E-state index in [1.807, 2.05) is 42.5 Å². The molecule has 0 aliphatic carbocycles. The van der Waals surface area contributed by atoms with Crippen molar-refractivity contribution in [3.8, 4) is 5.75 Å². The average molecular weight is 388 g/mol. The number of ether oxygens (including phenoxy) is 2. The van der Waals surface area contributed by atoms with Crippen LogP contribution >= 0.6 is 0 Å². The molecule has 1 aromatic heterocycles. The number of nitrogens with zero attached hydrogens (tertiary/aromatic N) is 1. The van der Waals surface area contributed by atoms with Crippen molar-refractivity contribution < 1.29 is 19.1 Å². The topological polar surface area (TPSA) is 77.5 Å². The SMILES string of the molecule is COC(=O)c1cccc(NC(=O)/C=C/c2ccc(OCc3ccccn3)cc2)c1. The van der Waals surface area contributed by atoms with Gasteiger partial charge in [-0.3, -0.25) is 9.78 Å². The van der Waals surface area contributed by atoms with Crippen LogP contribution in [0.2, 0.25) is 0 Å². The van der Waals surface area contributed by atoms with E-state index >= 15 is 0 Å². The minimum Gasteiger partial charge on any atom is -0.487 e. The van der Waals surface area contributed by atoms with Crippen LogP contribution in [0.15, 0.2) is 79.0 Å². The number of hydrogen-bond donors (Lipinski definition) is 1. The van der Waals surface area contributed by atoms with E-state index in [0.717, 1.165) is 17.0 Å². The second kappa shape index (κ2) is 9.85. The molecule has 3 aromatic rings. The Balaban J connectivity index is 1.54. The largest absolute Gasteiger partial charge is 0.487 e. The summed E-state index contributed by atoms with van der Waals surface area (Å²) in [6.45, 7) is 0.392. The Morgan fingerprint density at radius 2 is 1.86 bits per heavy atom. The molecule has 0 atom stereocenters. The third kappa shape index (κ3) is 6.04. The van der Waals surface area contributed by atoms with Gasteiger partial charge in [0.1, 0.15) is 12.4 Å². The summed E-state index contributed by atoms with van der Waals surface area (Å²) in [7, 11) is 1.31. The van der Waals surface area contributed by atoms with Crippen LogP contribution < -0.4 is 10.1 Å². The molecule has 0 spiro atoms. The van der Waals surface area contributed by atoms with Crippen LogP contribution in [0.3, 0.4) is 0 Å². The predicted molar refractivity (Wildman–Crippen MR) is 110 cm³/mol. The molecular formula is C23H20N2O4. The number of amides is 1. The second-order valence-electron chi connectivity index (χ2n) is 6.07. The summed E-state index contributed by atoms with van der Waals surface area (Å²) in [5, 5.41) is 2.72. The minimum absolute atomic E-state index is 0.303. The number of rotatable bonds is 7. The fraction of sp³-hybridized carbons (Fsp3) is 0.0870. The van der Waals surface area contributed by atoms with Gasteiger partial charge in [-0.05, 0) is 54.1 Å². The average Bonchev–Trinajstić information content (AvgIpc) is 2.77.